The lowest BCUT2D eigenvalue weighted by atomic mass is 10.1. The minimum atomic E-state index is -2.66. The van der Waals surface area contributed by atoms with Crippen LogP contribution in [-0.4, -0.2) is 66.5 Å². The number of nitrogens with zero attached hydrogens (tertiary/aromatic N) is 4. The Labute approximate surface area is 156 Å². The van der Waals surface area contributed by atoms with Gasteiger partial charge in [0.15, 0.2) is 0 Å². The van der Waals surface area contributed by atoms with E-state index in [-0.39, 0.29) is 35.9 Å². The van der Waals surface area contributed by atoms with Gasteiger partial charge in [-0.3, -0.25) is 18.8 Å². The topological polar surface area (TPSA) is 119 Å². The highest BCUT2D eigenvalue weighted by molar-refractivity contribution is 7.80. The van der Waals surface area contributed by atoms with Gasteiger partial charge in [-0.05, 0) is 18.2 Å². The zero-order chi connectivity index (χ0) is 19.4. The van der Waals surface area contributed by atoms with Gasteiger partial charge in [-0.2, -0.15) is 0 Å². The summed E-state index contributed by atoms with van der Waals surface area (Å²) in [6.07, 6.45) is 4.29. The number of anilines is 1. The van der Waals surface area contributed by atoms with E-state index in [0.29, 0.717) is 13.1 Å². The van der Waals surface area contributed by atoms with Crippen molar-refractivity contribution < 1.29 is 22.7 Å². The molecule has 3 rings (SSSR count). The van der Waals surface area contributed by atoms with Crippen LogP contribution in [-0.2, 0) is 11.3 Å². The summed E-state index contributed by atoms with van der Waals surface area (Å²) in [5.41, 5.74) is 0.0981. The number of nitrogens with one attached hydrogen (secondary N) is 1. The molecule has 11 heteroatoms. The van der Waals surface area contributed by atoms with Gasteiger partial charge in [0.2, 0.25) is 0 Å². The number of rotatable bonds is 4. The van der Waals surface area contributed by atoms with Gasteiger partial charge >= 0.3 is 0 Å². The first-order valence-electron chi connectivity index (χ1n) is 7.96. The van der Waals surface area contributed by atoms with Gasteiger partial charge < -0.3 is 19.1 Å². The molecule has 0 saturated carbocycles. The van der Waals surface area contributed by atoms with Crippen molar-refractivity contribution in [3.63, 3.8) is 0 Å². The maximum absolute atomic E-state index is 13.9. The number of amides is 2. The quantitative estimate of drug-likeness (QED) is 0.754. The molecule has 1 saturated heterocycles. The maximum Gasteiger partial charge on any atom is 0.274 e. The van der Waals surface area contributed by atoms with Gasteiger partial charge in [0, 0.05) is 55.4 Å². The lowest BCUT2D eigenvalue weighted by Crippen LogP contribution is -2.50. The molecular weight excluding hydrogens is 377 g/mol. The molecule has 27 heavy (non-hydrogen) atoms. The first-order valence-corrected chi connectivity index (χ1v) is 9.03. The standard InChI is InChI=1S/C16H16FN5O4S/c17-12-9-11(1-2-13(12)20-27(25)26)15(23)21-5-7-22(8-6-21)16(24)14-10-18-3-4-19-14/h1-4,9-10,20H,5-8H2,(H,25,26)/p-1. The summed E-state index contributed by atoms with van der Waals surface area (Å²) in [5.74, 6) is -1.50. The highest BCUT2D eigenvalue weighted by Gasteiger charge is 2.26. The van der Waals surface area contributed by atoms with Crippen LogP contribution in [0.5, 0.6) is 0 Å². The number of aromatic nitrogens is 2. The average Bonchev–Trinajstić information content (AvgIpc) is 2.69. The number of benzene rings is 1. The number of hydrogen-bond donors (Lipinski definition) is 1. The van der Waals surface area contributed by atoms with Crippen LogP contribution in [0.15, 0.2) is 36.8 Å². The van der Waals surface area contributed by atoms with Crippen molar-refractivity contribution in [1.29, 1.82) is 0 Å². The number of carbonyl (C=O) groups excluding carboxylic acids is 2. The Morgan fingerprint density at radius 1 is 1.11 bits per heavy atom. The number of piperazine rings is 1. The summed E-state index contributed by atoms with van der Waals surface area (Å²) in [5, 5.41) is 0. The second-order valence-electron chi connectivity index (χ2n) is 5.71. The summed E-state index contributed by atoms with van der Waals surface area (Å²) < 4.78 is 37.0. The van der Waals surface area contributed by atoms with E-state index in [9.17, 15) is 22.7 Å². The molecule has 1 unspecified atom stereocenters. The summed E-state index contributed by atoms with van der Waals surface area (Å²) in [7, 11) is 0. The molecule has 0 spiro atoms. The highest BCUT2D eigenvalue weighted by Crippen LogP contribution is 2.18. The Morgan fingerprint density at radius 3 is 2.33 bits per heavy atom. The zero-order valence-corrected chi connectivity index (χ0v) is 14.8. The molecule has 2 aromatic rings. The van der Waals surface area contributed by atoms with Crippen LogP contribution in [0.3, 0.4) is 0 Å². The van der Waals surface area contributed by atoms with Crippen molar-refractivity contribution in [1.82, 2.24) is 19.8 Å². The fourth-order valence-corrected chi connectivity index (χ4v) is 3.03. The van der Waals surface area contributed by atoms with Gasteiger partial charge in [-0.1, -0.05) is 0 Å². The van der Waals surface area contributed by atoms with Crippen LogP contribution in [0.4, 0.5) is 10.1 Å². The Morgan fingerprint density at radius 2 is 1.78 bits per heavy atom. The van der Waals surface area contributed by atoms with Gasteiger partial charge in [0.1, 0.15) is 11.5 Å². The van der Waals surface area contributed by atoms with E-state index in [1.54, 1.807) is 4.90 Å². The first kappa shape index (κ1) is 18.9. The molecule has 1 aromatic heterocycles. The van der Waals surface area contributed by atoms with Crippen LogP contribution in [0.2, 0.25) is 0 Å². The second-order valence-corrected chi connectivity index (χ2v) is 6.38. The Bertz CT molecular complexity index is 874. The molecule has 1 atom stereocenters. The summed E-state index contributed by atoms with van der Waals surface area (Å²) >= 11 is -2.66. The monoisotopic (exact) mass is 392 g/mol. The van der Waals surface area contributed by atoms with Crippen molar-refractivity contribution in [2.24, 2.45) is 0 Å². The molecule has 9 nitrogen and oxygen atoms in total. The molecule has 142 valence electrons. The molecule has 0 radical (unpaired) electrons. The van der Waals surface area contributed by atoms with E-state index in [0.717, 1.165) is 6.07 Å². The lowest BCUT2D eigenvalue weighted by Gasteiger charge is -2.34. The van der Waals surface area contributed by atoms with Crippen molar-refractivity contribution in [2.45, 2.75) is 0 Å². The third-order valence-electron chi connectivity index (χ3n) is 4.05. The van der Waals surface area contributed by atoms with E-state index in [4.69, 9.17) is 0 Å². The maximum atomic E-state index is 13.9. The van der Waals surface area contributed by atoms with Gasteiger partial charge in [-0.15, -0.1) is 0 Å². The Kier molecular flexibility index (Phi) is 5.72. The predicted octanol–water partition coefficient (Wildman–Crippen LogP) is 0.420. The largest absolute Gasteiger partial charge is 0.755 e. The van der Waals surface area contributed by atoms with Gasteiger partial charge in [0.05, 0.1) is 11.9 Å². The van der Waals surface area contributed by atoms with Crippen LogP contribution in [0, 0.1) is 5.82 Å². The average molecular weight is 392 g/mol. The van der Waals surface area contributed by atoms with Crippen molar-refractivity contribution in [3.8, 4) is 0 Å². The molecule has 1 fully saturated rings. The fraction of sp³-hybridized carbons (Fsp3) is 0.250. The number of halogens is 1. The van der Waals surface area contributed by atoms with E-state index in [1.807, 2.05) is 4.72 Å². The lowest BCUT2D eigenvalue weighted by molar-refractivity contribution is 0.0532. The second kappa shape index (κ2) is 8.18. The van der Waals surface area contributed by atoms with Crippen LogP contribution in [0.25, 0.3) is 0 Å². The minimum absolute atomic E-state index is 0.100. The first-order chi connectivity index (χ1) is 13.0. The fourth-order valence-electron chi connectivity index (χ4n) is 2.69. The Balaban J connectivity index is 1.62. The van der Waals surface area contributed by atoms with Gasteiger partial charge in [0.25, 0.3) is 11.8 Å². The molecule has 2 amide bonds. The minimum Gasteiger partial charge on any atom is -0.755 e. The molecule has 1 aromatic carbocycles. The molecule has 2 heterocycles. The van der Waals surface area contributed by atoms with Crippen molar-refractivity contribution in [3.05, 3.63) is 53.9 Å². The Hall–Kier alpha value is -2.92. The summed E-state index contributed by atoms with van der Waals surface area (Å²) in [4.78, 5) is 35.8. The molecule has 0 aliphatic carbocycles. The van der Waals surface area contributed by atoms with Crippen LogP contribution in [0.1, 0.15) is 20.8 Å². The van der Waals surface area contributed by atoms with Crippen LogP contribution < -0.4 is 4.72 Å². The van der Waals surface area contributed by atoms with E-state index < -0.39 is 23.0 Å². The van der Waals surface area contributed by atoms with Crippen molar-refractivity contribution in [2.75, 3.05) is 30.9 Å². The summed E-state index contributed by atoms with van der Waals surface area (Å²) in [6, 6.07) is 3.51. The van der Waals surface area contributed by atoms with E-state index in [1.165, 1.54) is 35.6 Å². The summed E-state index contributed by atoms with van der Waals surface area (Å²) in [6.45, 7) is 1.21. The van der Waals surface area contributed by atoms with E-state index in [2.05, 4.69) is 9.97 Å². The SMILES string of the molecule is O=C(c1ccc(NS(=O)[O-])c(F)c1)N1CCN(C(=O)c2cnccn2)CC1. The van der Waals surface area contributed by atoms with Crippen LogP contribution >= 0.6 is 0 Å². The number of hydrogen-bond acceptors (Lipinski definition) is 6. The third-order valence-corrected chi connectivity index (χ3v) is 4.43. The molecule has 1 aliphatic rings. The molecule has 0 bridgehead atoms. The predicted molar refractivity (Wildman–Crippen MR) is 92.8 cm³/mol. The molecule has 1 N–H and O–H groups in total. The van der Waals surface area contributed by atoms with Gasteiger partial charge in [-0.25, -0.2) is 9.37 Å². The normalized spacial score (nSPS) is 15.3. The van der Waals surface area contributed by atoms with Crippen molar-refractivity contribution >= 4 is 28.8 Å². The number of carbonyl (C=O) groups is 2. The molecular formula is C16H15FN5O4S-. The third kappa shape index (κ3) is 4.44. The van der Waals surface area contributed by atoms with E-state index >= 15 is 0 Å². The smallest absolute Gasteiger partial charge is 0.274 e. The highest BCUT2D eigenvalue weighted by atomic mass is 32.2. The molecule has 1 aliphatic heterocycles. The zero-order valence-electron chi connectivity index (χ0n) is 14.0.